The number of imidazole rings is 1. The number of rotatable bonds is 6. The van der Waals surface area contributed by atoms with E-state index in [0.29, 0.717) is 26.1 Å². The summed E-state index contributed by atoms with van der Waals surface area (Å²) in [6.07, 6.45) is 4.52. The summed E-state index contributed by atoms with van der Waals surface area (Å²) in [5, 5.41) is 9.33. The topological polar surface area (TPSA) is 105 Å². The molecule has 3 N–H and O–H groups in total. The maximum atomic E-state index is 14.6. The molecular weight excluding hydrogens is 510 g/mol. The fourth-order valence-corrected chi connectivity index (χ4v) is 2.48. The van der Waals surface area contributed by atoms with Gasteiger partial charge in [0.1, 0.15) is 0 Å². The van der Waals surface area contributed by atoms with Gasteiger partial charge in [-0.3, -0.25) is 0 Å². The van der Waals surface area contributed by atoms with Crippen LogP contribution in [0.5, 0.6) is 0 Å². The first kappa shape index (κ1) is 20.5. The van der Waals surface area contributed by atoms with Gasteiger partial charge in [-0.1, -0.05) is 13.8 Å². The van der Waals surface area contributed by atoms with Crippen LogP contribution in [0.3, 0.4) is 0 Å². The summed E-state index contributed by atoms with van der Waals surface area (Å²) in [7, 11) is 1.29. The summed E-state index contributed by atoms with van der Waals surface area (Å²) >= 11 is 0.361. The number of methoxy groups -OCH3 is 1. The molecule has 2 unspecified atom stereocenters. The summed E-state index contributed by atoms with van der Waals surface area (Å²) in [6, 6.07) is 0. The number of nitrogens with zero attached hydrogens (tertiary/aromatic N) is 3. The second-order valence-corrected chi connectivity index (χ2v) is 5.64. The van der Waals surface area contributed by atoms with E-state index in [0.717, 1.165) is 4.57 Å². The normalized spacial score (nSPS) is 14.1. The maximum absolute atomic E-state index is 14.6. The number of H-pyrrole nitrogens is 1. The van der Waals surface area contributed by atoms with E-state index in [2.05, 4.69) is 24.0 Å². The van der Waals surface area contributed by atoms with Crippen LogP contribution in [0.15, 0.2) is 11.1 Å². The summed E-state index contributed by atoms with van der Waals surface area (Å²) in [5.41, 5.74) is -1.79. The first-order chi connectivity index (χ1) is 11.5. The van der Waals surface area contributed by atoms with Crippen molar-refractivity contribution in [1.82, 2.24) is 19.5 Å². The predicted octanol–water partition coefficient (Wildman–Crippen LogP) is 0.510. The van der Waals surface area contributed by atoms with Crippen LogP contribution in [-0.2, 0) is 4.74 Å². The molecule has 2 atom stereocenters. The smallest absolute Gasteiger partial charge is 0.0683 e. The number of ether oxygens (including phenoxy) is 1. The van der Waals surface area contributed by atoms with Gasteiger partial charge in [0.2, 0.25) is 0 Å². The van der Waals surface area contributed by atoms with Crippen molar-refractivity contribution in [3.05, 3.63) is 16.7 Å². The average Bonchev–Trinajstić information content (AvgIpc) is 3.06. The van der Waals surface area contributed by atoms with E-state index in [9.17, 15) is 14.3 Å². The van der Waals surface area contributed by atoms with Crippen molar-refractivity contribution >= 4 is 43.2 Å². The first-order valence-corrected chi connectivity index (χ1v) is 9.46. The van der Waals surface area contributed by atoms with Gasteiger partial charge in [0, 0.05) is 0 Å². The molecule has 0 aliphatic heterocycles. The Morgan fingerprint density at radius 1 is 1.67 bits per heavy atom. The van der Waals surface area contributed by atoms with Crippen molar-refractivity contribution in [2.45, 2.75) is 32.2 Å². The SMILES string of the molecule is C#CC(CO)(CC(F)n1cnc2c(=O)[nH]c([NH][Tl])nc21)OC.CC. The third-order valence-corrected chi connectivity index (χ3v) is 4.34. The van der Waals surface area contributed by atoms with Gasteiger partial charge in [0.15, 0.2) is 0 Å². The largest absolute Gasteiger partial charge is 0.0683 e. The van der Waals surface area contributed by atoms with Crippen molar-refractivity contribution in [3.63, 3.8) is 0 Å². The summed E-state index contributed by atoms with van der Waals surface area (Å²) in [4.78, 5) is 22.3. The molecular formula is C14H19FN5O3Tl. The zero-order valence-corrected chi connectivity index (χ0v) is 18.2. The molecule has 8 nitrogen and oxygen atoms in total. The molecule has 2 heterocycles. The number of aliphatic hydroxyl groups excluding tert-OH is 1. The van der Waals surface area contributed by atoms with E-state index in [1.165, 1.54) is 13.4 Å². The minimum absolute atomic E-state index is 0.0272. The van der Waals surface area contributed by atoms with E-state index in [4.69, 9.17) is 11.2 Å². The van der Waals surface area contributed by atoms with E-state index in [-0.39, 0.29) is 23.5 Å². The molecule has 2 aromatic rings. The molecule has 0 radical (unpaired) electrons. The van der Waals surface area contributed by atoms with Crippen LogP contribution in [0.25, 0.3) is 11.2 Å². The summed E-state index contributed by atoms with van der Waals surface area (Å²) in [5.74, 6) is 2.51. The molecule has 0 amide bonds. The third-order valence-electron chi connectivity index (χ3n) is 3.28. The van der Waals surface area contributed by atoms with E-state index < -0.39 is 24.1 Å². The molecule has 0 saturated carbocycles. The molecule has 0 aliphatic carbocycles. The minimum Gasteiger partial charge on any atom is -0.0683 e. The zero-order chi connectivity index (χ0) is 18.3. The molecule has 0 bridgehead atoms. The van der Waals surface area contributed by atoms with Crippen molar-refractivity contribution in [2.75, 3.05) is 16.8 Å². The Bertz CT molecular complexity index is 766. The number of nitrogens with one attached hydrogen (secondary N) is 2. The van der Waals surface area contributed by atoms with Crippen LogP contribution in [0.2, 0.25) is 0 Å². The number of alkyl halides is 1. The van der Waals surface area contributed by atoms with Crippen molar-refractivity contribution < 1.29 is 14.2 Å². The molecule has 128 valence electrons. The second kappa shape index (κ2) is 9.09. The van der Waals surface area contributed by atoms with Gasteiger partial charge in [0.25, 0.3) is 0 Å². The molecule has 0 saturated heterocycles. The van der Waals surface area contributed by atoms with Gasteiger partial charge in [-0.25, -0.2) is 0 Å². The predicted molar refractivity (Wildman–Crippen MR) is 89.3 cm³/mol. The molecule has 0 spiro atoms. The van der Waals surface area contributed by atoms with E-state index >= 15 is 0 Å². The zero-order valence-electron chi connectivity index (χ0n) is 13.7. The van der Waals surface area contributed by atoms with Gasteiger partial charge < -0.3 is 0 Å². The minimum atomic E-state index is -1.66. The summed E-state index contributed by atoms with van der Waals surface area (Å²) in [6.45, 7) is 3.47. The molecule has 0 fully saturated rings. The molecule has 2 rings (SSSR count). The Hall–Kier alpha value is -1.52. The number of hydrogen-bond acceptors (Lipinski definition) is 6. The van der Waals surface area contributed by atoms with Crippen LogP contribution in [0.4, 0.5) is 10.3 Å². The molecule has 0 aromatic carbocycles. The van der Waals surface area contributed by atoms with Crippen molar-refractivity contribution in [2.24, 2.45) is 0 Å². The quantitative estimate of drug-likeness (QED) is 0.373. The Balaban J connectivity index is 0.00000139. The van der Waals surface area contributed by atoms with E-state index in [1.54, 1.807) is 0 Å². The molecule has 10 heteroatoms. The van der Waals surface area contributed by atoms with Gasteiger partial charge >= 0.3 is 141 Å². The second-order valence-electron chi connectivity index (χ2n) is 4.52. The number of fused-ring (bicyclic) bond motifs is 1. The third kappa shape index (κ3) is 4.11. The van der Waals surface area contributed by atoms with Gasteiger partial charge in [-0.15, -0.1) is 0 Å². The van der Waals surface area contributed by atoms with Crippen LogP contribution >= 0.6 is 0 Å². The Morgan fingerprint density at radius 3 is 2.83 bits per heavy atom. The van der Waals surface area contributed by atoms with Crippen molar-refractivity contribution in [1.29, 1.82) is 0 Å². The molecule has 24 heavy (non-hydrogen) atoms. The molecule has 0 aliphatic rings. The number of halogens is 1. The van der Waals surface area contributed by atoms with E-state index in [1.807, 2.05) is 13.8 Å². The monoisotopic (exact) mass is 529 g/mol. The van der Waals surface area contributed by atoms with Crippen LogP contribution in [-0.4, -0.2) is 70.0 Å². The number of hydrogen-bond donors (Lipinski definition) is 3. The number of aliphatic hydroxyl groups is 1. The van der Waals surface area contributed by atoms with Gasteiger partial charge in [0.05, 0.1) is 0 Å². The first-order valence-electron chi connectivity index (χ1n) is 7.21. The number of aromatic nitrogens is 4. The van der Waals surface area contributed by atoms with Crippen molar-refractivity contribution in [3.8, 4) is 12.3 Å². The number of aromatic amines is 1. The standard InChI is InChI=1S/C12H14FN5O3.C2H6.Tl/c1-3-12(5-19,21-2)4-7(13)18-6-15-8-9(18)16-11(14)17-10(8)20;1-2;/h1,6-7,19H,4-5H2,2H3,(H3,14,16,17,20);1-2H3;/q;;+1/p-1. The fourth-order valence-electron chi connectivity index (χ4n) is 1.95. The maximum Gasteiger partial charge on any atom is -0.0683 e. The molecule has 2 aromatic heterocycles. The Kier molecular flexibility index (Phi) is 7.78. The number of terminal acetylenes is 1. The van der Waals surface area contributed by atoms with Gasteiger partial charge in [-0.2, -0.15) is 0 Å². The Morgan fingerprint density at radius 2 is 2.33 bits per heavy atom. The van der Waals surface area contributed by atoms with Crippen LogP contribution in [0, 0.1) is 12.3 Å². The average molecular weight is 529 g/mol. The Labute approximate surface area is 154 Å². The van der Waals surface area contributed by atoms with Crippen LogP contribution in [0.1, 0.15) is 26.6 Å². The number of anilines is 1. The van der Waals surface area contributed by atoms with Crippen LogP contribution < -0.4 is 8.69 Å². The van der Waals surface area contributed by atoms with Gasteiger partial charge in [-0.05, 0) is 0 Å². The summed E-state index contributed by atoms with van der Waals surface area (Å²) < 4.78 is 23.6. The fraction of sp³-hybridized carbons (Fsp3) is 0.500.